The predicted molar refractivity (Wildman–Crippen MR) is 120 cm³/mol. The third-order valence-electron chi connectivity index (χ3n) is 4.81. The molecule has 30 heavy (non-hydrogen) atoms. The molecule has 0 aliphatic carbocycles. The van der Waals surface area contributed by atoms with Gasteiger partial charge < -0.3 is 5.32 Å². The Hall–Kier alpha value is -3.00. The molecular weight excluding hydrogens is 449 g/mol. The lowest BCUT2D eigenvalue weighted by Crippen LogP contribution is -2.36. The van der Waals surface area contributed by atoms with Gasteiger partial charge in [0.25, 0.3) is 5.91 Å². The van der Waals surface area contributed by atoms with E-state index in [0.717, 1.165) is 27.1 Å². The zero-order chi connectivity index (χ0) is 21.8. The van der Waals surface area contributed by atoms with Crippen molar-refractivity contribution in [1.82, 2.24) is 15.1 Å². The Labute approximate surface area is 183 Å². The van der Waals surface area contributed by atoms with Crippen LogP contribution >= 0.6 is 15.9 Å². The van der Waals surface area contributed by atoms with E-state index in [-0.39, 0.29) is 11.5 Å². The summed E-state index contributed by atoms with van der Waals surface area (Å²) in [5, 5.41) is 10.3. The highest BCUT2D eigenvalue weighted by molar-refractivity contribution is 9.10. The fraction of sp³-hybridized carbons (Fsp3) is 0.227. The molecule has 0 saturated carbocycles. The molecule has 0 aliphatic rings. The lowest BCUT2D eigenvalue weighted by molar-refractivity contribution is 0.0976. The van der Waals surface area contributed by atoms with E-state index in [1.165, 1.54) is 6.07 Å². The van der Waals surface area contributed by atoms with Gasteiger partial charge in [-0.15, -0.1) is 0 Å². The average Bonchev–Trinajstić information content (AvgIpc) is 2.93. The van der Waals surface area contributed by atoms with Crippen LogP contribution in [0.3, 0.4) is 0 Å². The van der Waals surface area contributed by atoms with Crippen molar-refractivity contribution in [3.8, 4) is 0 Å². The largest absolute Gasteiger partial charge is 0.326 e. The lowest BCUT2D eigenvalue weighted by Gasteiger charge is -2.13. The number of carbonyl (C=O) groups excluding carboxylic acids is 1. The Morgan fingerprint density at radius 1 is 1.20 bits per heavy atom. The van der Waals surface area contributed by atoms with Gasteiger partial charge in [-0.25, -0.2) is 9.38 Å². The normalized spacial score (nSPS) is 11.5. The Morgan fingerprint density at radius 3 is 2.60 bits per heavy atom. The number of hydrogen-bond acceptors (Lipinski definition) is 3. The number of aromatic nitrogens is 2. The fourth-order valence-corrected chi connectivity index (χ4v) is 3.33. The maximum absolute atomic E-state index is 13.9. The van der Waals surface area contributed by atoms with Crippen LogP contribution in [0.15, 0.2) is 51.9 Å². The van der Waals surface area contributed by atoms with Gasteiger partial charge in [-0.1, -0.05) is 28.1 Å². The highest BCUT2D eigenvalue weighted by atomic mass is 79.9. The van der Waals surface area contributed by atoms with Crippen molar-refractivity contribution in [2.75, 3.05) is 5.32 Å². The number of anilines is 1. The summed E-state index contributed by atoms with van der Waals surface area (Å²) < 4.78 is 16.6. The molecule has 0 bridgehead atoms. The summed E-state index contributed by atoms with van der Waals surface area (Å²) in [5.74, 6) is -0.612. The first-order valence-corrected chi connectivity index (χ1v) is 10.2. The van der Waals surface area contributed by atoms with Crippen LogP contribution in [0, 0.1) is 26.6 Å². The molecule has 6 nitrogen and oxygen atoms in total. The van der Waals surface area contributed by atoms with Gasteiger partial charge in [0.1, 0.15) is 5.82 Å². The maximum atomic E-state index is 13.9. The molecule has 8 heteroatoms. The number of halogens is 2. The monoisotopic (exact) mass is 471 g/mol. The van der Waals surface area contributed by atoms with Gasteiger partial charge in [0.05, 0.1) is 12.2 Å². The molecule has 0 unspecified atom stereocenters. The molecule has 1 heterocycles. The Bertz CT molecular complexity index is 1120. The van der Waals surface area contributed by atoms with E-state index in [4.69, 9.17) is 0 Å². The van der Waals surface area contributed by atoms with E-state index < -0.39 is 11.7 Å². The molecule has 0 atom stereocenters. The standard InChI is InChI=1S/C22H23BrFN5O/c1-13-8-9-16(10-20(13)24)21(30)27-22(26-18-7-5-6-17(23)11-18)25-12-19-14(2)28-29(4)15(19)3/h5-11H,12H2,1-4H3,(H2,25,26,27,30). The number of hydrogen-bond donors (Lipinski definition) is 2. The summed E-state index contributed by atoms with van der Waals surface area (Å²) in [7, 11) is 1.88. The number of rotatable bonds is 4. The minimum absolute atomic E-state index is 0.218. The minimum atomic E-state index is -0.449. The molecular formula is C22H23BrFN5O. The number of aryl methyl sites for hydroxylation is 3. The van der Waals surface area contributed by atoms with Crippen molar-refractivity contribution in [2.45, 2.75) is 27.3 Å². The third kappa shape index (κ3) is 5.13. The summed E-state index contributed by atoms with van der Waals surface area (Å²) in [6, 6.07) is 11.9. The number of amides is 1. The predicted octanol–water partition coefficient (Wildman–Crippen LogP) is 4.65. The Morgan fingerprint density at radius 2 is 1.97 bits per heavy atom. The molecule has 0 radical (unpaired) electrons. The topological polar surface area (TPSA) is 71.3 Å². The van der Waals surface area contributed by atoms with Crippen LogP contribution in [-0.2, 0) is 13.6 Å². The van der Waals surface area contributed by atoms with Gasteiger partial charge in [0, 0.05) is 34.0 Å². The molecule has 1 aromatic heterocycles. The van der Waals surface area contributed by atoms with E-state index in [9.17, 15) is 9.18 Å². The number of carbonyl (C=O) groups is 1. The zero-order valence-corrected chi connectivity index (χ0v) is 18.8. The number of nitrogens with zero attached hydrogens (tertiary/aromatic N) is 3. The molecule has 156 valence electrons. The van der Waals surface area contributed by atoms with Crippen molar-refractivity contribution < 1.29 is 9.18 Å². The van der Waals surface area contributed by atoms with E-state index >= 15 is 0 Å². The summed E-state index contributed by atoms with van der Waals surface area (Å²) in [4.78, 5) is 17.3. The third-order valence-corrected chi connectivity index (χ3v) is 5.30. The Balaban J connectivity index is 1.88. The summed E-state index contributed by atoms with van der Waals surface area (Å²) >= 11 is 3.43. The second-order valence-corrected chi connectivity index (χ2v) is 7.91. The first kappa shape index (κ1) is 21.7. The molecule has 1 amide bonds. The first-order valence-electron chi connectivity index (χ1n) is 9.38. The fourth-order valence-electron chi connectivity index (χ4n) is 2.93. The minimum Gasteiger partial charge on any atom is -0.326 e. The van der Waals surface area contributed by atoms with Gasteiger partial charge in [-0.3, -0.25) is 14.8 Å². The molecule has 0 saturated heterocycles. The van der Waals surface area contributed by atoms with Crippen LogP contribution < -0.4 is 10.6 Å². The summed E-state index contributed by atoms with van der Waals surface area (Å²) in [6.45, 7) is 5.88. The second kappa shape index (κ2) is 9.21. The molecule has 3 rings (SSSR count). The summed E-state index contributed by atoms with van der Waals surface area (Å²) in [5.41, 5.74) is 4.32. The van der Waals surface area contributed by atoms with Crippen LogP contribution in [0.4, 0.5) is 10.1 Å². The van der Waals surface area contributed by atoms with Crippen molar-refractivity contribution in [2.24, 2.45) is 12.0 Å². The zero-order valence-electron chi connectivity index (χ0n) is 17.3. The maximum Gasteiger partial charge on any atom is 0.258 e. The molecule has 3 aromatic rings. The highest BCUT2D eigenvalue weighted by Crippen LogP contribution is 2.17. The smallest absolute Gasteiger partial charge is 0.258 e. The van der Waals surface area contributed by atoms with Gasteiger partial charge in [-0.05, 0) is 56.7 Å². The SMILES string of the molecule is Cc1ccc(C(=O)NC(=NCc2c(C)nn(C)c2C)Nc2cccc(Br)c2)cc1F. The molecule has 0 fully saturated rings. The van der Waals surface area contributed by atoms with Gasteiger partial charge >= 0.3 is 0 Å². The molecule has 0 spiro atoms. The van der Waals surface area contributed by atoms with Gasteiger partial charge in [-0.2, -0.15) is 5.10 Å². The van der Waals surface area contributed by atoms with Crippen LogP contribution in [0.25, 0.3) is 0 Å². The van der Waals surface area contributed by atoms with Gasteiger partial charge in [0.15, 0.2) is 0 Å². The molecule has 2 N–H and O–H groups in total. The lowest BCUT2D eigenvalue weighted by atomic mass is 10.1. The van der Waals surface area contributed by atoms with Crippen LogP contribution in [0.2, 0.25) is 0 Å². The van der Waals surface area contributed by atoms with Crippen molar-refractivity contribution in [1.29, 1.82) is 0 Å². The van der Waals surface area contributed by atoms with E-state index in [0.29, 0.717) is 12.1 Å². The Kier molecular flexibility index (Phi) is 6.66. The van der Waals surface area contributed by atoms with Crippen molar-refractivity contribution in [3.63, 3.8) is 0 Å². The number of aliphatic imine (C=N–C) groups is 1. The van der Waals surface area contributed by atoms with Crippen LogP contribution in [0.1, 0.15) is 32.9 Å². The summed E-state index contributed by atoms with van der Waals surface area (Å²) in [6.07, 6.45) is 0. The highest BCUT2D eigenvalue weighted by Gasteiger charge is 2.13. The van der Waals surface area contributed by atoms with Crippen molar-refractivity contribution >= 4 is 33.5 Å². The van der Waals surface area contributed by atoms with E-state index in [1.807, 2.05) is 45.2 Å². The van der Waals surface area contributed by atoms with Gasteiger partial charge in [0.2, 0.25) is 5.96 Å². The van der Waals surface area contributed by atoms with Crippen molar-refractivity contribution in [3.05, 3.63) is 80.8 Å². The second-order valence-electron chi connectivity index (χ2n) is 6.99. The number of guanidine groups is 1. The average molecular weight is 472 g/mol. The van der Waals surface area contributed by atoms with E-state index in [2.05, 4.69) is 36.7 Å². The molecule has 2 aromatic carbocycles. The quantitative estimate of drug-likeness (QED) is 0.429. The van der Waals surface area contributed by atoms with E-state index in [1.54, 1.807) is 23.7 Å². The molecule has 0 aliphatic heterocycles. The first-order chi connectivity index (χ1) is 14.2. The number of nitrogens with one attached hydrogen (secondary N) is 2. The van der Waals surface area contributed by atoms with Crippen LogP contribution in [-0.4, -0.2) is 21.6 Å². The number of benzene rings is 2. The van der Waals surface area contributed by atoms with Crippen LogP contribution in [0.5, 0.6) is 0 Å².